The summed E-state index contributed by atoms with van der Waals surface area (Å²) < 4.78 is 14.6. The molecule has 0 radical (unpaired) electrons. The van der Waals surface area contributed by atoms with Gasteiger partial charge in [-0.05, 0) is 31.4 Å². The summed E-state index contributed by atoms with van der Waals surface area (Å²) in [4.78, 5) is 45.2. The first kappa shape index (κ1) is 21.9. The molecule has 0 aliphatic carbocycles. The maximum absolute atomic E-state index is 11.9. The second-order valence-electron chi connectivity index (χ2n) is 5.39. The Labute approximate surface area is 156 Å². The van der Waals surface area contributed by atoms with E-state index in [-0.39, 0.29) is 37.4 Å². The summed E-state index contributed by atoms with van der Waals surface area (Å²) in [6, 6.07) is 5.83. The number of carboxylic acid groups (broad SMARTS) is 1. The molecule has 0 aromatic heterocycles. The molecule has 8 nitrogen and oxygen atoms in total. The van der Waals surface area contributed by atoms with Crippen molar-refractivity contribution >= 4 is 23.9 Å². The molecule has 1 rings (SSSR count). The van der Waals surface area contributed by atoms with Crippen LogP contribution in [0, 0.1) is 0 Å². The van der Waals surface area contributed by atoms with Crippen LogP contribution >= 0.6 is 0 Å². The maximum Gasteiger partial charge on any atom is 0.339 e. The van der Waals surface area contributed by atoms with Crippen LogP contribution in [-0.2, 0) is 23.8 Å². The van der Waals surface area contributed by atoms with Gasteiger partial charge in [-0.3, -0.25) is 4.79 Å². The van der Waals surface area contributed by atoms with Crippen LogP contribution in [0.1, 0.15) is 46.4 Å². The molecular formula is C19H22O8. The first-order valence-electron chi connectivity index (χ1n) is 8.40. The van der Waals surface area contributed by atoms with Crippen LogP contribution in [0.3, 0.4) is 0 Å². The summed E-state index contributed by atoms with van der Waals surface area (Å²) in [6.45, 7) is 3.33. The third-order valence-corrected chi connectivity index (χ3v) is 3.39. The highest BCUT2D eigenvalue weighted by atomic mass is 16.6. The van der Waals surface area contributed by atoms with E-state index in [4.69, 9.17) is 14.6 Å². The van der Waals surface area contributed by atoms with E-state index in [0.29, 0.717) is 19.3 Å². The third kappa shape index (κ3) is 8.66. The van der Waals surface area contributed by atoms with Crippen LogP contribution in [0.15, 0.2) is 36.9 Å². The molecule has 1 N–H and O–H groups in total. The molecule has 0 spiro atoms. The van der Waals surface area contributed by atoms with Crippen molar-refractivity contribution in [2.24, 2.45) is 0 Å². The van der Waals surface area contributed by atoms with Gasteiger partial charge in [-0.1, -0.05) is 18.7 Å². The molecule has 0 amide bonds. The topological polar surface area (TPSA) is 116 Å². The predicted molar refractivity (Wildman–Crippen MR) is 94.3 cm³/mol. The molecule has 8 heteroatoms. The van der Waals surface area contributed by atoms with Crippen molar-refractivity contribution in [1.82, 2.24) is 0 Å². The lowest BCUT2D eigenvalue weighted by atomic mass is 10.1. The second-order valence-corrected chi connectivity index (χ2v) is 5.39. The zero-order valence-corrected chi connectivity index (χ0v) is 14.8. The largest absolute Gasteiger partial charge is 0.478 e. The SMILES string of the molecule is C=CC(=O)OCCOC(=O)CCCCCOC(=O)c1ccccc1C(=O)O. The lowest BCUT2D eigenvalue weighted by Gasteiger charge is -2.07. The zero-order valence-electron chi connectivity index (χ0n) is 14.8. The van der Waals surface area contributed by atoms with Gasteiger partial charge in [-0.2, -0.15) is 0 Å². The minimum atomic E-state index is -1.19. The van der Waals surface area contributed by atoms with Crippen molar-refractivity contribution in [3.05, 3.63) is 48.0 Å². The van der Waals surface area contributed by atoms with E-state index in [2.05, 4.69) is 11.3 Å². The number of aromatic carboxylic acids is 1. The van der Waals surface area contributed by atoms with Crippen molar-refractivity contribution in [3.8, 4) is 0 Å². The molecule has 0 aliphatic rings. The van der Waals surface area contributed by atoms with Crippen molar-refractivity contribution in [2.75, 3.05) is 19.8 Å². The van der Waals surface area contributed by atoms with Gasteiger partial charge in [-0.15, -0.1) is 0 Å². The Morgan fingerprint density at radius 1 is 0.889 bits per heavy atom. The van der Waals surface area contributed by atoms with E-state index >= 15 is 0 Å². The molecule has 0 heterocycles. The quantitative estimate of drug-likeness (QED) is 0.255. The fourth-order valence-corrected chi connectivity index (χ4v) is 2.07. The molecule has 0 bridgehead atoms. The second kappa shape index (κ2) is 12.2. The Balaban J connectivity index is 2.14. The van der Waals surface area contributed by atoms with Crippen molar-refractivity contribution < 1.29 is 38.5 Å². The summed E-state index contributed by atoms with van der Waals surface area (Å²) >= 11 is 0. The Kier molecular flexibility index (Phi) is 9.92. The van der Waals surface area contributed by atoms with Crippen LogP contribution < -0.4 is 0 Å². The fraction of sp³-hybridized carbons (Fsp3) is 0.368. The number of ether oxygens (including phenoxy) is 3. The minimum absolute atomic E-state index is 0.00531. The molecule has 1 aromatic carbocycles. The number of rotatable bonds is 12. The number of carbonyl (C=O) groups excluding carboxylic acids is 3. The fourth-order valence-electron chi connectivity index (χ4n) is 2.07. The van der Waals surface area contributed by atoms with Gasteiger partial charge in [0.05, 0.1) is 17.7 Å². The number of hydrogen-bond donors (Lipinski definition) is 1. The highest BCUT2D eigenvalue weighted by molar-refractivity contribution is 6.02. The Morgan fingerprint density at radius 3 is 2.22 bits per heavy atom. The molecule has 0 unspecified atom stereocenters. The number of carboxylic acids is 1. The van der Waals surface area contributed by atoms with E-state index in [1.165, 1.54) is 18.2 Å². The third-order valence-electron chi connectivity index (χ3n) is 3.39. The van der Waals surface area contributed by atoms with Crippen molar-refractivity contribution in [2.45, 2.75) is 25.7 Å². The van der Waals surface area contributed by atoms with Gasteiger partial charge in [0.1, 0.15) is 13.2 Å². The van der Waals surface area contributed by atoms with Gasteiger partial charge in [0.25, 0.3) is 0 Å². The lowest BCUT2D eigenvalue weighted by molar-refractivity contribution is -0.149. The van der Waals surface area contributed by atoms with Gasteiger partial charge in [0, 0.05) is 12.5 Å². The number of hydrogen-bond acceptors (Lipinski definition) is 7. The molecular weight excluding hydrogens is 356 g/mol. The Morgan fingerprint density at radius 2 is 1.56 bits per heavy atom. The van der Waals surface area contributed by atoms with E-state index < -0.39 is 23.9 Å². The van der Waals surface area contributed by atoms with Crippen LogP contribution in [0.4, 0.5) is 0 Å². The van der Waals surface area contributed by atoms with E-state index in [9.17, 15) is 19.2 Å². The first-order valence-corrected chi connectivity index (χ1v) is 8.40. The number of unbranched alkanes of at least 4 members (excludes halogenated alkanes) is 2. The van der Waals surface area contributed by atoms with Crippen molar-refractivity contribution in [1.29, 1.82) is 0 Å². The van der Waals surface area contributed by atoms with E-state index in [1.807, 2.05) is 0 Å². The molecule has 146 valence electrons. The number of carbonyl (C=O) groups is 4. The van der Waals surface area contributed by atoms with E-state index in [1.54, 1.807) is 6.07 Å². The molecule has 27 heavy (non-hydrogen) atoms. The highest BCUT2D eigenvalue weighted by Gasteiger charge is 2.16. The highest BCUT2D eigenvalue weighted by Crippen LogP contribution is 2.11. The van der Waals surface area contributed by atoms with Crippen LogP contribution in [0.5, 0.6) is 0 Å². The molecule has 0 fully saturated rings. The monoisotopic (exact) mass is 378 g/mol. The van der Waals surface area contributed by atoms with Crippen molar-refractivity contribution in [3.63, 3.8) is 0 Å². The minimum Gasteiger partial charge on any atom is -0.478 e. The molecule has 0 saturated heterocycles. The van der Waals surface area contributed by atoms with Gasteiger partial charge in [-0.25, -0.2) is 14.4 Å². The predicted octanol–water partition coefficient (Wildman–Crippen LogP) is 2.37. The summed E-state index contributed by atoms with van der Waals surface area (Å²) in [5.41, 5.74) is -0.102. The molecule has 1 aromatic rings. The number of esters is 3. The van der Waals surface area contributed by atoms with Crippen LogP contribution in [-0.4, -0.2) is 48.8 Å². The Bertz CT molecular complexity index is 680. The van der Waals surface area contributed by atoms with E-state index in [0.717, 1.165) is 6.08 Å². The standard InChI is InChI=1S/C19H22O8/c1-2-16(20)25-12-13-26-17(21)10-4-3-7-11-27-19(24)15-9-6-5-8-14(15)18(22)23/h2,5-6,8-9H,1,3-4,7,10-13H2,(H,22,23). The number of benzene rings is 1. The van der Waals surface area contributed by atoms with Crippen LogP contribution in [0.2, 0.25) is 0 Å². The zero-order chi connectivity index (χ0) is 20.1. The summed E-state index contributed by atoms with van der Waals surface area (Å²) in [5.74, 6) is -2.87. The average molecular weight is 378 g/mol. The summed E-state index contributed by atoms with van der Waals surface area (Å²) in [6.07, 6.45) is 2.94. The Hall–Kier alpha value is -3.16. The van der Waals surface area contributed by atoms with Gasteiger partial charge >= 0.3 is 23.9 Å². The lowest BCUT2D eigenvalue weighted by Crippen LogP contribution is -2.13. The molecule has 0 aliphatic heterocycles. The van der Waals surface area contributed by atoms with Gasteiger partial charge in [0.15, 0.2) is 0 Å². The molecule has 0 atom stereocenters. The molecule has 0 saturated carbocycles. The normalized spacial score (nSPS) is 9.93. The average Bonchev–Trinajstić information content (AvgIpc) is 2.67. The van der Waals surface area contributed by atoms with Gasteiger partial charge < -0.3 is 19.3 Å². The first-order chi connectivity index (χ1) is 13.0. The maximum atomic E-state index is 11.9. The summed E-state index contributed by atoms with van der Waals surface area (Å²) in [5, 5.41) is 9.04. The van der Waals surface area contributed by atoms with Crippen LogP contribution in [0.25, 0.3) is 0 Å². The smallest absolute Gasteiger partial charge is 0.339 e. The van der Waals surface area contributed by atoms with Gasteiger partial charge in [0.2, 0.25) is 0 Å². The summed E-state index contributed by atoms with van der Waals surface area (Å²) in [7, 11) is 0.